The Bertz CT molecular complexity index is 563. The topological polar surface area (TPSA) is 64.4 Å². The van der Waals surface area contributed by atoms with Gasteiger partial charge in [0.25, 0.3) is 0 Å². The Balaban J connectivity index is 0.00000264. The Morgan fingerprint density at radius 1 is 1.30 bits per heavy atom. The number of hydrogen-bond donors (Lipinski definition) is 2. The van der Waals surface area contributed by atoms with Crippen molar-refractivity contribution in [3.8, 4) is 0 Å². The van der Waals surface area contributed by atoms with Crippen molar-refractivity contribution in [2.75, 3.05) is 25.1 Å². The number of amides is 1. The van der Waals surface area contributed by atoms with Gasteiger partial charge in [0.05, 0.1) is 11.0 Å². The summed E-state index contributed by atoms with van der Waals surface area (Å²) in [6, 6.07) is 3.30. The second kappa shape index (κ2) is 7.83. The molecule has 1 heterocycles. The van der Waals surface area contributed by atoms with Gasteiger partial charge in [0, 0.05) is 29.9 Å². The summed E-state index contributed by atoms with van der Waals surface area (Å²) < 4.78 is 43.9. The third kappa shape index (κ3) is 4.82. The van der Waals surface area contributed by atoms with E-state index < -0.39 is 17.2 Å². The maximum atomic E-state index is 12.8. The molecule has 1 saturated heterocycles. The van der Waals surface area contributed by atoms with E-state index in [0.717, 1.165) is 12.1 Å². The van der Waals surface area contributed by atoms with Gasteiger partial charge in [-0.3, -0.25) is 4.79 Å². The average Bonchev–Trinajstić information content (AvgIpc) is 2.46. The van der Waals surface area contributed by atoms with E-state index in [4.69, 9.17) is 10.5 Å². The summed E-state index contributed by atoms with van der Waals surface area (Å²) in [6.07, 6.45) is -3.57. The SMILES string of the molecule is Cl.NCC1(C(=O)Nc2cc(Br)cc(C(F)(F)F)c2)CCOCC1. The number of carbonyl (C=O) groups excluding carboxylic acids is 1. The summed E-state index contributed by atoms with van der Waals surface area (Å²) in [7, 11) is 0. The molecule has 0 atom stereocenters. The number of benzene rings is 1. The first-order valence-electron chi connectivity index (χ1n) is 6.74. The molecular formula is C14H17BrClF3N2O2. The molecule has 0 spiro atoms. The first kappa shape index (κ1) is 20.2. The maximum absolute atomic E-state index is 12.8. The highest BCUT2D eigenvalue weighted by Gasteiger charge is 2.39. The van der Waals surface area contributed by atoms with E-state index in [0.29, 0.717) is 26.1 Å². The Hall–Kier alpha value is -0.830. The first-order chi connectivity index (χ1) is 10.3. The number of nitrogens with one attached hydrogen (secondary N) is 1. The standard InChI is InChI=1S/C14H16BrF3N2O2.ClH/c15-10-5-9(14(16,17)18)6-11(7-10)20-12(21)13(8-19)1-3-22-4-2-13;/h5-7H,1-4,8,19H2,(H,20,21);1H. The fourth-order valence-corrected chi connectivity index (χ4v) is 2.87. The van der Waals surface area contributed by atoms with Crippen LogP contribution in [-0.2, 0) is 15.7 Å². The molecule has 0 aliphatic carbocycles. The Kier molecular flexibility index (Phi) is 6.88. The van der Waals surface area contributed by atoms with Crippen molar-refractivity contribution in [3.63, 3.8) is 0 Å². The summed E-state index contributed by atoms with van der Waals surface area (Å²) in [6.45, 7) is 0.954. The first-order valence-corrected chi connectivity index (χ1v) is 7.53. The molecule has 9 heteroatoms. The van der Waals surface area contributed by atoms with Crippen molar-refractivity contribution in [2.45, 2.75) is 19.0 Å². The third-order valence-electron chi connectivity index (χ3n) is 3.81. The van der Waals surface area contributed by atoms with Gasteiger partial charge in [0.2, 0.25) is 5.91 Å². The lowest BCUT2D eigenvalue weighted by Crippen LogP contribution is -2.46. The zero-order valence-electron chi connectivity index (χ0n) is 12.1. The van der Waals surface area contributed by atoms with Gasteiger partial charge < -0.3 is 15.8 Å². The summed E-state index contributed by atoms with van der Waals surface area (Å²) in [5.74, 6) is -0.371. The maximum Gasteiger partial charge on any atom is 0.416 e. The lowest BCUT2D eigenvalue weighted by molar-refractivity contribution is -0.137. The number of ether oxygens (including phenoxy) is 1. The number of rotatable bonds is 3. The van der Waals surface area contributed by atoms with Gasteiger partial charge in [-0.15, -0.1) is 12.4 Å². The van der Waals surface area contributed by atoms with Crippen molar-refractivity contribution in [3.05, 3.63) is 28.2 Å². The summed E-state index contributed by atoms with van der Waals surface area (Å²) >= 11 is 3.03. The van der Waals surface area contributed by atoms with Crippen molar-refractivity contribution in [1.82, 2.24) is 0 Å². The van der Waals surface area contributed by atoms with Crippen LogP contribution in [0.2, 0.25) is 0 Å². The van der Waals surface area contributed by atoms with Crippen LogP contribution >= 0.6 is 28.3 Å². The van der Waals surface area contributed by atoms with E-state index in [1.165, 1.54) is 6.07 Å². The average molecular weight is 418 g/mol. The minimum Gasteiger partial charge on any atom is -0.381 e. The zero-order valence-corrected chi connectivity index (χ0v) is 14.5. The predicted octanol–water partition coefficient (Wildman–Crippen LogP) is 3.58. The lowest BCUT2D eigenvalue weighted by Gasteiger charge is -2.34. The molecule has 23 heavy (non-hydrogen) atoms. The van der Waals surface area contributed by atoms with Gasteiger partial charge >= 0.3 is 6.18 Å². The predicted molar refractivity (Wildman–Crippen MR) is 86.6 cm³/mol. The van der Waals surface area contributed by atoms with Crippen molar-refractivity contribution >= 4 is 39.9 Å². The molecule has 4 nitrogen and oxygen atoms in total. The largest absolute Gasteiger partial charge is 0.416 e. The molecular weight excluding hydrogens is 401 g/mol. The van der Waals surface area contributed by atoms with Crippen molar-refractivity contribution in [2.24, 2.45) is 11.1 Å². The summed E-state index contributed by atoms with van der Waals surface area (Å²) in [5, 5.41) is 2.55. The van der Waals surface area contributed by atoms with Crippen LogP contribution in [0.3, 0.4) is 0 Å². The summed E-state index contributed by atoms with van der Waals surface area (Å²) in [5.41, 5.74) is 4.18. The molecule has 0 saturated carbocycles. The van der Waals surface area contributed by atoms with E-state index in [1.54, 1.807) is 0 Å². The fourth-order valence-electron chi connectivity index (χ4n) is 2.38. The van der Waals surface area contributed by atoms with Gasteiger partial charge in [-0.2, -0.15) is 13.2 Å². The lowest BCUT2D eigenvalue weighted by atomic mass is 9.79. The quantitative estimate of drug-likeness (QED) is 0.790. The second-order valence-corrected chi connectivity index (χ2v) is 6.19. The van der Waals surface area contributed by atoms with Crippen LogP contribution in [0.5, 0.6) is 0 Å². The molecule has 0 aromatic heterocycles. The van der Waals surface area contributed by atoms with E-state index in [1.807, 2.05) is 0 Å². The monoisotopic (exact) mass is 416 g/mol. The molecule has 1 aliphatic heterocycles. The Morgan fingerprint density at radius 3 is 2.43 bits per heavy atom. The molecule has 130 valence electrons. The third-order valence-corrected chi connectivity index (χ3v) is 4.26. The Labute approximate surface area is 146 Å². The van der Waals surface area contributed by atoms with E-state index in [2.05, 4.69) is 21.2 Å². The van der Waals surface area contributed by atoms with Gasteiger partial charge in [-0.05, 0) is 31.0 Å². The minimum absolute atomic E-state index is 0. The van der Waals surface area contributed by atoms with Crippen molar-refractivity contribution < 1.29 is 22.7 Å². The molecule has 0 bridgehead atoms. The van der Waals surface area contributed by atoms with Crippen LogP contribution in [0.4, 0.5) is 18.9 Å². The molecule has 1 aromatic rings. The highest BCUT2D eigenvalue weighted by molar-refractivity contribution is 9.10. The normalized spacial score (nSPS) is 17.3. The van der Waals surface area contributed by atoms with Gasteiger partial charge in [0.1, 0.15) is 0 Å². The molecule has 0 unspecified atom stereocenters. The molecule has 3 N–H and O–H groups in total. The molecule has 0 radical (unpaired) electrons. The number of alkyl halides is 3. The van der Waals surface area contributed by atoms with Crippen LogP contribution in [0.25, 0.3) is 0 Å². The fraction of sp³-hybridized carbons (Fsp3) is 0.500. The number of nitrogens with two attached hydrogens (primary N) is 1. The molecule has 1 amide bonds. The second-order valence-electron chi connectivity index (χ2n) is 5.28. The van der Waals surface area contributed by atoms with Crippen LogP contribution in [-0.4, -0.2) is 25.7 Å². The van der Waals surface area contributed by atoms with Crippen LogP contribution in [0, 0.1) is 5.41 Å². The smallest absolute Gasteiger partial charge is 0.381 e. The number of hydrogen-bond acceptors (Lipinski definition) is 3. The van der Waals surface area contributed by atoms with Crippen molar-refractivity contribution in [1.29, 1.82) is 0 Å². The number of anilines is 1. The highest BCUT2D eigenvalue weighted by atomic mass is 79.9. The molecule has 2 rings (SSSR count). The van der Waals surface area contributed by atoms with Gasteiger partial charge in [0.15, 0.2) is 0 Å². The number of halogens is 5. The van der Waals surface area contributed by atoms with Gasteiger partial charge in [-0.25, -0.2) is 0 Å². The van der Waals surface area contributed by atoms with Crippen LogP contribution in [0.1, 0.15) is 18.4 Å². The van der Waals surface area contributed by atoms with Gasteiger partial charge in [-0.1, -0.05) is 15.9 Å². The van der Waals surface area contributed by atoms with E-state index >= 15 is 0 Å². The Morgan fingerprint density at radius 2 is 1.91 bits per heavy atom. The molecule has 1 aromatic carbocycles. The van der Waals surface area contributed by atoms with Crippen LogP contribution in [0.15, 0.2) is 22.7 Å². The highest BCUT2D eigenvalue weighted by Crippen LogP contribution is 2.35. The molecule has 1 aliphatic rings. The van der Waals surface area contributed by atoms with E-state index in [-0.39, 0.29) is 35.0 Å². The van der Waals surface area contributed by atoms with E-state index in [9.17, 15) is 18.0 Å². The zero-order chi connectivity index (χ0) is 16.4. The number of carbonyl (C=O) groups is 1. The molecule has 1 fully saturated rings. The van der Waals surface area contributed by atoms with Crippen LogP contribution < -0.4 is 11.1 Å². The minimum atomic E-state index is -4.48. The summed E-state index contributed by atoms with van der Waals surface area (Å²) in [4.78, 5) is 12.4.